The van der Waals surface area contributed by atoms with Crippen molar-refractivity contribution in [3.05, 3.63) is 48.6 Å². The third-order valence-corrected chi connectivity index (χ3v) is 2.28. The largest absolute Gasteiger partial charge is 0.449 e. The summed E-state index contributed by atoms with van der Waals surface area (Å²) in [5.74, 6) is 2.21. The van der Waals surface area contributed by atoms with E-state index >= 15 is 0 Å². The molecular formula is C15H16O2. The Morgan fingerprint density at radius 1 is 1.47 bits per heavy atom. The maximum atomic E-state index is 11.4. The van der Waals surface area contributed by atoms with Crippen LogP contribution >= 0.6 is 0 Å². The second-order valence-electron chi connectivity index (χ2n) is 3.66. The molecule has 17 heavy (non-hydrogen) atoms. The van der Waals surface area contributed by atoms with Crippen LogP contribution in [0.15, 0.2) is 43.0 Å². The number of carbonyl (C=O) groups excluding carboxylic acids is 1. The summed E-state index contributed by atoms with van der Waals surface area (Å²) in [6.07, 6.45) is 8.04. The molecule has 1 rings (SSSR count). The van der Waals surface area contributed by atoms with E-state index in [4.69, 9.17) is 11.2 Å². The Kier molecular flexibility index (Phi) is 5.60. The van der Waals surface area contributed by atoms with Crippen LogP contribution in [-0.4, -0.2) is 12.1 Å². The molecule has 1 aromatic rings. The highest BCUT2D eigenvalue weighted by molar-refractivity contribution is 5.70. The quantitative estimate of drug-likeness (QED) is 0.425. The molecule has 1 atom stereocenters. The van der Waals surface area contributed by atoms with Crippen molar-refractivity contribution in [2.45, 2.75) is 25.4 Å². The lowest BCUT2D eigenvalue weighted by Gasteiger charge is -2.12. The lowest BCUT2D eigenvalue weighted by molar-refractivity contribution is -0.146. The second kappa shape index (κ2) is 7.29. The second-order valence-corrected chi connectivity index (χ2v) is 3.66. The summed E-state index contributed by atoms with van der Waals surface area (Å²) in [6.45, 7) is 3.55. The molecule has 0 saturated heterocycles. The van der Waals surface area contributed by atoms with Crippen LogP contribution in [0.4, 0.5) is 0 Å². The highest BCUT2D eigenvalue weighted by Crippen LogP contribution is 2.07. The molecule has 2 heteroatoms. The van der Waals surface area contributed by atoms with Gasteiger partial charge in [-0.05, 0) is 12.0 Å². The van der Waals surface area contributed by atoms with E-state index in [1.54, 1.807) is 6.08 Å². The smallest absolute Gasteiger partial charge is 0.307 e. The third kappa shape index (κ3) is 5.03. The number of rotatable bonds is 6. The minimum Gasteiger partial charge on any atom is -0.449 e. The van der Waals surface area contributed by atoms with Crippen LogP contribution in [0.3, 0.4) is 0 Å². The van der Waals surface area contributed by atoms with Gasteiger partial charge in [-0.3, -0.25) is 4.79 Å². The van der Waals surface area contributed by atoms with Crippen LogP contribution in [0.25, 0.3) is 0 Å². The van der Waals surface area contributed by atoms with Gasteiger partial charge >= 0.3 is 5.97 Å². The summed E-state index contributed by atoms with van der Waals surface area (Å²) in [5, 5.41) is 0. The molecule has 0 aliphatic carbocycles. The average molecular weight is 228 g/mol. The summed E-state index contributed by atoms with van der Waals surface area (Å²) in [7, 11) is 0. The number of hydrogen-bond donors (Lipinski definition) is 0. The number of hydrogen-bond acceptors (Lipinski definition) is 2. The predicted molar refractivity (Wildman–Crippen MR) is 68.3 cm³/mol. The van der Waals surface area contributed by atoms with Crippen molar-refractivity contribution in [3.8, 4) is 12.3 Å². The Bertz CT molecular complexity index is 401. The molecular weight excluding hydrogens is 212 g/mol. The molecule has 2 nitrogen and oxygen atoms in total. The molecule has 0 fully saturated rings. The first-order valence-corrected chi connectivity index (χ1v) is 5.56. The Morgan fingerprint density at radius 3 is 2.76 bits per heavy atom. The Morgan fingerprint density at radius 2 is 2.18 bits per heavy atom. The van der Waals surface area contributed by atoms with Crippen LogP contribution in [0.1, 0.15) is 18.4 Å². The molecule has 1 unspecified atom stereocenters. The zero-order chi connectivity index (χ0) is 12.5. The van der Waals surface area contributed by atoms with Crippen LogP contribution in [0.2, 0.25) is 0 Å². The summed E-state index contributed by atoms with van der Waals surface area (Å²) in [4.78, 5) is 11.4. The first-order valence-electron chi connectivity index (χ1n) is 5.56. The zero-order valence-electron chi connectivity index (χ0n) is 9.76. The molecule has 0 aliphatic rings. The SMILES string of the molecule is C#CC(Cc1ccccc1)OC(=O)CCC=C. The van der Waals surface area contributed by atoms with Gasteiger partial charge in [-0.2, -0.15) is 0 Å². The minimum atomic E-state index is -0.491. The highest BCUT2D eigenvalue weighted by Gasteiger charge is 2.11. The van der Waals surface area contributed by atoms with Crippen LogP contribution < -0.4 is 0 Å². The summed E-state index contributed by atoms with van der Waals surface area (Å²) < 4.78 is 5.18. The zero-order valence-corrected chi connectivity index (χ0v) is 9.76. The third-order valence-electron chi connectivity index (χ3n) is 2.28. The fourth-order valence-corrected chi connectivity index (χ4v) is 1.40. The Balaban J connectivity index is 2.47. The maximum Gasteiger partial charge on any atom is 0.307 e. The minimum absolute atomic E-state index is 0.274. The van der Waals surface area contributed by atoms with E-state index in [2.05, 4.69) is 12.5 Å². The van der Waals surface area contributed by atoms with E-state index in [1.807, 2.05) is 30.3 Å². The molecule has 0 radical (unpaired) electrons. The van der Waals surface area contributed by atoms with E-state index in [-0.39, 0.29) is 5.97 Å². The van der Waals surface area contributed by atoms with Crippen LogP contribution in [-0.2, 0) is 16.0 Å². The Labute approximate surface area is 102 Å². The van der Waals surface area contributed by atoms with Gasteiger partial charge < -0.3 is 4.74 Å². The summed E-state index contributed by atoms with van der Waals surface area (Å²) in [5.41, 5.74) is 1.06. The van der Waals surface area contributed by atoms with Crippen LogP contribution in [0.5, 0.6) is 0 Å². The number of ether oxygens (including phenoxy) is 1. The lowest BCUT2D eigenvalue weighted by atomic mass is 10.1. The van der Waals surface area contributed by atoms with Gasteiger partial charge in [0.1, 0.15) is 0 Å². The molecule has 0 aromatic heterocycles. The molecule has 88 valence electrons. The highest BCUT2D eigenvalue weighted by atomic mass is 16.5. The maximum absolute atomic E-state index is 11.4. The molecule has 0 N–H and O–H groups in total. The van der Waals surface area contributed by atoms with Crippen molar-refractivity contribution in [1.82, 2.24) is 0 Å². The molecule has 0 bridgehead atoms. The number of benzene rings is 1. The van der Waals surface area contributed by atoms with E-state index in [1.165, 1.54) is 0 Å². The predicted octanol–water partition coefficient (Wildman–Crippen LogP) is 2.74. The molecule has 0 spiro atoms. The number of carbonyl (C=O) groups is 1. The first-order chi connectivity index (χ1) is 8.26. The molecule has 0 aliphatic heterocycles. The standard InChI is InChI=1S/C15H16O2/c1-3-5-11-15(16)17-14(4-2)12-13-9-7-6-8-10-13/h2-3,6-10,14H,1,5,11-12H2. The normalized spacial score (nSPS) is 11.2. The fourth-order valence-electron chi connectivity index (χ4n) is 1.40. The molecule has 1 aromatic carbocycles. The summed E-state index contributed by atoms with van der Waals surface area (Å²) in [6, 6.07) is 9.72. The van der Waals surface area contributed by atoms with Crippen molar-refractivity contribution in [2.24, 2.45) is 0 Å². The number of allylic oxidation sites excluding steroid dienone is 1. The topological polar surface area (TPSA) is 26.3 Å². The van der Waals surface area contributed by atoms with E-state index in [0.29, 0.717) is 19.3 Å². The van der Waals surface area contributed by atoms with Gasteiger partial charge in [0.25, 0.3) is 0 Å². The fraction of sp³-hybridized carbons (Fsp3) is 0.267. The lowest BCUT2D eigenvalue weighted by Crippen LogP contribution is -2.18. The van der Waals surface area contributed by atoms with Crippen molar-refractivity contribution >= 4 is 5.97 Å². The van der Waals surface area contributed by atoms with Gasteiger partial charge in [0.15, 0.2) is 6.10 Å². The van der Waals surface area contributed by atoms with Crippen molar-refractivity contribution < 1.29 is 9.53 Å². The van der Waals surface area contributed by atoms with E-state index < -0.39 is 6.10 Å². The van der Waals surface area contributed by atoms with Crippen molar-refractivity contribution in [2.75, 3.05) is 0 Å². The monoisotopic (exact) mass is 228 g/mol. The van der Waals surface area contributed by atoms with Gasteiger partial charge in [-0.1, -0.05) is 42.3 Å². The van der Waals surface area contributed by atoms with E-state index in [9.17, 15) is 4.79 Å². The van der Waals surface area contributed by atoms with Gasteiger partial charge in [0, 0.05) is 12.8 Å². The number of esters is 1. The number of terminal acetylenes is 1. The first kappa shape index (κ1) is 13.1. The molecule has 0 heterocycles. The Hall–Kier alpha value is -2.01. The van der Waals surface area contributed by atoms with Crippen LogP contribution in [0, 0.1) is 12.3 Å². The van der Waals surface area contributed by atoms with Gasteiger partial charge in [-0.15, -0.1) is 13.0 Å². The molecule has 0 saturated carbocycles. The van der Waals surface area contributed by atoms with Gasteiger partial charge in [-0.25, -0.2) is 0 Å². The van der Waals surface area contributed by atoms with Gasteiger partial charge in [0.05, 0.1) is 0 Å². The molecule has 0 amide bonds. The van der Waals surface area contributed by atoms with Crippen molar-refractivity contribution in [3.63, 3.8) is 0 Å². The van der Waals surface area contributed by atoms with E-state index in [0.717, 1.165) is 5.56 Å². The summed E-state index contributed by atoms with van der Waals surface area (Å²) >= 11 is 0. The van der Waals surface area contributed by atoms with Gasteiger partial charge in [0.2, 0.25) is 0 Å². The van der Waals surface area contributed by atoms with Crippen molar-refractivity contribution in [1.29, 1.82) is 0 Å². The average Bonchev–Trinajstić information content (AvgIpc) is 2.36.